The second-order valence-electron chi connectivity index (χ2n) is 3.37. The van der Waals surface area contributed by atoms with Gasteiger partial charge in [0, 0.05) is 6.07 Å². The predicted molar refractivity (Wildman–Crippen MR) is 62.6 cm³/mol. The molecule has 16 heavy (non-hydrogen) atoms. The lowest BCUT2D eigenvalue weighted by atomic mass is 10.2. The van der Waals surface area contributed by atoms with E-state index in [1.165, 1.54) is 0 Å². The van der Waals surface area contributed by atoms with Crippen molar-refractivity contribution < 1.29 is 9.47 Å². The van der Waals surface area contributed by atoms with Gasteiger partial charge in [-0.2, -0.15) is 0 Å². The molecular weight excluding hydrogens is 200 g/mol. The molecule has 0 fully saturated rings. The Balaban J connectivity index is 1.94. The molecule has 0 atom stereocenters. The highest BCUT2D eigenvalue weighted by atomic mass is 16.5. The minimum atomic E-state index is 0.559. The first-order chi connectivity index (χ1) is 7.88. The molecule has 0 saturated heterocycles. The van der Waals surface area contributed by atoms with Crippen LogP contribution in [0.5, 0.6) is 11.5 Å². The highest BCUT2D eigenvalue weighted by Gasteiger charge is 1.96. The van der Waals surface area contributed by atoms with Gasteiger partial charge in [0.1, 0.15) is 18.1 Å². The molecule has 0 aliphatic rings. The van der Waals surface area contributed by atoms with Crippen LogP contribution in [0.15, 0.2) is 48.5 Å². The molecular formula is C14H13O2. The SMILES string of the molecule is COc1c[c]c(OCc2ccccc2)cc1. The third kappa shape index (κ3) is 2.76. The van der Waals surface area contributed by atoms with Crippen molar-refractivity contribution in [2.24, 2.45) is 0 Å². The Bertz CT molecular complexity index is 420. The van der Waals surface area contributed by atoms with Crippen LogP contribution in [0, 0.1) is 6.07 Å². The zero-order valence-corrected chi connectivity index (χ0v) is 9.14. The molecule has 2 aromatic carbocycles. The van der Waals surface area contributed by atoms with Crippen LogP contribution in [-0.2, 0) is 6.61 Å². The van der Waals surface area contributed by atoms with Crippen molar-refractivity contribution >= 4 is 0 Å². The van der Waals surface area contributed by atoms with Crippen molar-refractivity contribution in [2.75, 3.05) is 7.11 Å². The third-order valence-electron chi connectivity index (χ3n) is 2.23. The van der Waals surface area contributed by atoms with Crippen molar-refractivity contribution in [1.29, 1.82) is 0 Å². The second-order valence-corrected chi connectivity index (χ2v) is 3.37. The Kier molecular flexibility index (Phi) is 3.44. The maximum Gasteiger partial charge on any atom is 0.128 e. The van der Waals surface area contributed by atoms with Crippen molar-refractivity contribution in [3.05, 3.63) is 60.2 Å². The zero-order chi connectivity index (χ0) is 11.2. The van der Waals surface area contributed by atoms with Crippen molar-refractivity contribution in [3.63, 3.8) is 0 Å². The Morgan fingerprint density at radius 3 is 2.50 bits per heavy atom. The van der Waals surface area contributed by atoms with E-state index in [9.17, 15) is 0 Å². The van der Waals surface area contributed by atoms with E-state index in [1.807, 2.05) is 42.5 Å². The van der Waals surface area contributed by atoms with Crippen LogP contribution in [0.2, 0.25) is 0 Å². The molecule has 0 bridgehead atoms. The maximum absolute atomic E-state index is 5.58. The number of rotatable bonds is 4. The van der Waals surface area contributed by atoms with Gasteiger partial charge in [-0.15, -0.1) is 0 Å². The predicted octanol–water partition coefficient (Wildman–Crippen LogP) is 3.07. The first-order valence-electron chi connectivity index (χ1n) is 5.11. The van der Waals surface area contributed by atoms with Crippen LogP contribution in [0.4, 0.5) is 0 Å². The van der Waals surface area contributed by atoms with E-state index in [0.717, 1.165) is 17.1 Å². The zero-order valence-electron chi connectivity index (χ0n) is 9.14. The van der Waals surface area contributed by atoms with Gasteiger partial charge in [0.05, 0.1) is 7.11 Å². The molecule has 0 aromatic heterocycles. The van der Waals surface area contributed by atoms with Gasteiger partial charge in [-0.05, 0) is 23.8 Å². The van der Waals surface area contributed by atoms with E-state index in [4.69, 9.17) is 9.47 Å². The number of benzene rings is 2. The highest BCUT2D eigenvalue weighted by molar-refractivity contribution is 5.30. The van der Waals surface area contributed by atoms with Crippen LogP contribution in [0.1, 0.15) is 5.56 Å². The van der Waals surface area contributed by atoms with E-state index in [0.29, 0.717) is 6.61 Å². The normalized spacial score (nSPS) is 9.81. The molecule has 2 heteroatoms. The Morgan fingerprint density at radius 1 is 1.06 bits per heavy atom. The lowest BCUT2D eigenvalue weighted by Gasteiger charge is -2.06. The third-order valence-corrected chi connectivity index (χ3v) is 2.23. The van der Waals surface area contributed by atoms with Gasteiger partial charge in [0.15, 0.2) is 0 Å². The van der Waals surface area contributed by atoms with Crippen molar-refractivity contribution in [1.82, 2.24) is 0 Å². The summed E-state index contributed by atoms with van der Waals surface area (Å²) in [6.45, 7) is 0.559. The molecule has 0 N–H and O–H groups in total. The summed E-state index contributed by atoms with van der Waals surface area (Å²) in [4.78, 5) is 0. The first-order valence-corrected chi connectivity index (χ1v) is 5.11. The summed E-state index contributed by atoms with van der Waals surface area (Å²) in [6.07, 6.45) is 0. The maximum atomic E-state index is 5.58. The molecule has 0 heterocycles. The summed E-state index contributed by atoms with van der Waals surface area (Å²) in [5, 5.41) is 0. The first kappa shape index (κ1) is 10.6. The summed E-state index contributed by atoms with van der Waals surface area (Å²) in [5.41, 5.74) is 1.15. The summed E-state index contributed by atoms with van der Waals surface area (Å²) in [6, 6.07) is 18.5. The van der Waals surface area contributed by atoms with E-state index in [2.05, 4.69) is 6.07 Å². The van der Waals surface area contributed by atoms with Gasteiger partial charge < -0.3 is 9.47 Å². The molecule has 2 rings (SSSR count). The van der Waals surface area contributed by atoms with E-state index in [-0.39, 0.29) is 0 Å². The second kappa shape index (κ2) is 5.21. The van der Waals surface area contributed by atoms with Gasteiger partial charge in [0.2, 0.25) is 0 Å². The van der Waals surface area contributed by atoms with Crippen LogP contribution < -0.4 is 9.47 Å². The quantitative estimate of drug-likeness (QED) is 0.777. The molecule has 0 aliphatic heterocycles. The van der Waals surface area contributed by atoms with Crippen molar-refractivity contribution in [3.8, 4) is 11.5 Å². The van der Waals surface area contributed by atoms with Crippen molar-refractivity contribution in [2.45, 2.75) is 6.61 Å². The van der Waals surface area contributed by atoms with Gasteiger partial charge in [-0.25, -0.2) is 0 Å². The smallest absolute Gasteiger partial charge is 0.128 e. The molecule has 0 aliphatic carbocycles. The molecule has 2 aromatic rings. The fourth-order valence-corrected chi connectivity index (χ4v) is 1.35. The van der Waals surface area contributed by atoms with Gasteiger partial charge >= 0.3 is 0 Å². The van der Waals surface area contributed by atoms with Crippen LogP contribution in [-0.4, -0.2) is 7.11 Å². The van der Waals surface area contributed by atoms with E-state index < -0.39 is 0 Å². The van der Waals surface area contributed by atoms with Crippen LogP contribution in [0.25, 0.3) is 0 Å². The highest BCUT2D eigenvalue weighted by Crippen LogP contribution is 2.17. The largest absolute Gasteiger partial charge is 0.497 e. The summed E-state index contributed by atoms with van der Waals surface area (Å²) >= 11 is 0. The van der Waals surface area contributed by atoms with Gasteiger partial charge in [0.25, 0.3) is 0 Å². The van der Waals surface area contributed by atoms with E-state index >= 15 is 0 Å². The number of ether oxygens (including phenoxy) is 2. The molecule has 0 spiro atoms. The molecule has 0 saturated carbocycles. The molecule has 0 unspecified atom stereocenters. The summed E-state index contributed by atoms with van der Waals surface area (Å²) in [7, 11) is 1.63. The molecule has 0 amide bonds. The Morgan fingerprint density at radius 2 is 1.88 bits per heavy atom. The van der Waals surface area contributed by atoms with Gasteiger partial charge in [-0.3, -0.25) is 0 Å². The molecule has 2 nitrogen and oxygen atoms in total. The Hall–Kier alpha value is -1.96. The topological polar surface area (TPSA) is 18.5 Å². The number of hydrogen-bond acceptors (Lipinski definition) is 2. The Labute approximate surface area is 95.4 Å². The summed E-state index contributed by atoms with van der Waals surface area (Å²) < 4.78 is 10.6. The summed E-state index contributed by atoms with van der Waals surface area (Å²) in [5.74, 6) is 1.51. The fraction of sp³-hybridized carbons (Fsp3) is 0.143. The standard InChI is InChI=1S/C14H13O2/c1-15-13-7-9-14(10-8-13)16-11-12-5-3-2-4-6-12/h2-9H,11H2,1H3. The van der Waals surface area contributed by atoms with Gasteiger partial charge in [-0.1, -0.05) is 30.3 Å². The molecule has 81 valence electrons. The number of hydrogen-bond donors (Lipinski definition) is 0. The fourth-order valence-electron chi connectivity index (χ4n) is 1.35. The minimum Gasteiger partial charge on any atom is -0.497 e. The number of methoxy groups -OCH3 is 1. The lowest BCUT2D eigenvalue weighted by molar-refractivity contribution is 0.305. The minimum absolute atomic E-state index is 0.559. The van der Waals surface area contributed by atoms with E-state index in [1.54, 1.807) is 13.2 Å². The van der Waals surface area contributed by atoms with Crippen LogP contribution >= 0.6 is 0 Å². The average Bonchev–Trinajstić information content (AvgIpc) is 2.38. The monoisotopic (exact) mass is 213 g/mol. The lowest BCUT2D eigenvalue weighted by Crippen LogP contribution is -1.94. The average molecular weight is 213 g/mol. The molecule has 1 radical (unpaired) electrons. The van der Waals surface area contributed by atoms with Crippen LogP contribution in [0.3, 0.4) is 0 Å².